The Morgan fingerprint density at radius 3 is 2.20 bits per heavy atom. The molecule has 5 fully saturated rings. The van der Waals surface area contributed by atoms with E-state index < -0.39 is 27.4 Å². The number of hydrogen-bond acceptors (Lipinski definition) is 4. The fourth-order valence-corrected chi connectivity index (χ4v) is 12.1. The van der Waals surface area contributed by atoms with Crippen molar-refractivity contribution in [3.8, 4) is 0 Å². The molecular weight excluding hydrogens is 537 g/mol. The third-order valence-corrected chi connectivity index (χ3v) is 14.5. The molecule has 0 spiro atoms. The number of hydrogen-bond donors (Lipinski definition) is 0. The Bertz CT molecular complexity index is 939. The molecule has 0 aromatic rings. The molecule has 9 heteroatoms. The highest BCUT2D eigenvalue weighted by atomic mass is 32.2. The Morgan fingerprint density at radius 2 is 1.50 bits per heavy atom. The zero-order valence-electron chi connectivity index (χ0n) is 25.0. The van der Waals surface area contributed by atoms with E-state index in [0.29, 0.717) is 50.8 Å². The van der Waals surface area contributed by atoms with Crippen LogP contribution in [0, 0.1) is 41.4 Å². The van der Waals surface area contributed by atoms with Crippen LogP contribution in [0.15, 0.2) is 0 Å². The summed E-state index contributed by atoms with van der Waals surface area (Å²) in [6, 6.07) is 0.365. The number of fused-ring (bicyclic) bond motifs is 1. The lowest BCUT2D eigenvalue weighted by Gasteiger charge is -2.60. The molecule has 8 atom stereocenters. The molecule has 3 saturated carbocycles. The summed E-state index contributed by atoms with van der Waals surface area (Å²) in [4.78, 5) is 2.44. The van der Waals surface area contributed by atoms with Crippen molar-refractivity contribution in [1.29, 1.82) is 0 Å². The Balaban J connectivity index is 1.31. The van der Waals surface area contributed by atoms with Crippen LogP contribution in [0.3, 0.4) is 0 Å². The van der Waals surface area contributed by atoms with Crippen LogP contribution in [0.25, 0.3) is 0 Å². The minimum atomic E-state index is -4.47. The van der Waals surface area contributed by atoms with Gasteiger partial charge in [0.2, 0.25) is 10.0 Å². The molecule has 0 amide bonds. The first-order chi connectivity index (χ1) is 19.0. The van der Waals surface area contributed by atoms with Crippen LogP contribution in [-0.2, 0) is 14.8 Å². The van der Waals surface area contributed by atoms with Gasteiger partial charge in [0.25, 0.3) is 0 Å². The van der Waals surface area contributed by atoms with Crippen LogP contribution in [0.5, 0.6) is 0 Å². The number of methoxy groups -OCH3 is 1. The summed E-state index contributed by atoms with van der Waals surface area (Å²) in [7, 11) is -2.30. The maximum Gasteiger partial charge on any atom is 0.393 e. The number of sulfonamides is 1. The molecule has 2 aliphatic heterocycles. The highest BCUT2D eigenvalue weighted by Crippen LogP contribution is 2.50. The van der Waals surface area contributed by atoms with E-state index in [9.17, 15) is 21.6 Å². The molecule has 5 aliphatic rings. The van der Waals surface area contributed by atoms with Gasteiger partial charge in [-0.2, -0.15) is 13.2 Å². The Morgan fingerprint density at radius 1 is 0.825 bits per heavy atom. The van der Waals surface area contributed by atoms with E-state index in [0.717, 1.165) is 36.6 Å². The largest absolute Gasteiger partial charge is 0.393 e. The minimum Gasteiger partial charge on any atom is -0.383 e. The van der Waals surface area contributed by atoms with E-state index in [-0.39, 0.29) is 24.9 Å². The van der Waals surface area contributed by atoms with Gasteiger partial charge in [0.15, 0.2) is 0 Å². The Hall–Kier alpha value is -0.380. The second-order valence-electron chi connectivity index (χ2n) is 14.1. The van der Waals surface area contributed by atoms with Crippen LogP contribution in [-0.4, -0.2) is 74.5 Å². The van der Waals surface area contributed by atoms with Crippen LogP contribution < -0.4 is 0 Å². The molecule has 5 rings (SSSR count). The molecule has 5 nitrogen and oxygen atoms in total. The molecule has 3 aliphatic carbocycles. The summed E-state index contributed by atoms with van der Waals surface area (Å²) in [5.74, 6) is 2.38. The summed E-state index contributed by atoms with van der Waals surface area (Å²) in [6.45, 7) is 7.12. The zero-order chi connectivity index (χ0) is 28.7. The van der Waals surface area contributed by atoms with E-state index in [2.05, 4.69) is 18.7 Å². The van der Waals surface area contributed by atoms with Gasteiger partial charge in [-0.1, -0.05) is 39.5 Å². The summed E-state index contributed by atoms with van der Waals surface area (Å²) < 4.78 is 76.7. The van der Waals surface area contributed by atoms with Crippen LogP contribution in [0.4, 0.5) is 13.2 Å². The molecule has 232 valence electrons. The van der Waals surface area contributed by atoms with Crippen molar-refractivity contribution in [1.82, 2.24) is 9.21 Å². The lowest BCUT2D eigenvalue weighted by Crippen LogP contribution is -2.71. The van der Waals surface area contributed by atoms with Crippen molar-refractivity contribution in [2.24, 2.45) is 41.4 Å². The number of rotatable bonds is 6. The number of halogens is 3. The normalized spacial score (nSPS) is 42.9. The van der Waals surface area contributed by atoms with Gasteiger partial charge in [-0.05, 0) is 99.8 Å². The average molecular weight is 591 g/mol. The van der Waals surface area contributed by atoms with Gasteiger partial charge in [-0.25, -0.2) is 12.7 Å². The third-order valence-electron chi connectivity index (χ3n) is 12.1. The van der Waals surface area contributed by atoms with Crippen LogP contribution in [0.2, 0.25) is 0 Å². The van der Waals surface area contributed by atoms with E-state index in [4.69, 9.17) is 4.74 Å². The maximum absolute atomic E-state index is 13.9. The van der Waals surface area contributed by atoms with Crippen LogP contribution >= 0.6 is 0 Å². The van der Waals surface area contributed by atoms with Crippen LogP contribution in [0.1, 0.15) is 97.3 Å². The van der Waals surface area contributed by atoms with Crippen molar-refractivity contribution in [2.45, 2.75) is 121 Å². The van der Waals surface area contributed by atoms with E-state index in [1.54, 1.807) is 7.11 Å². The molecule has 40 heavy (non-hydrogen) atoms. The lowest BCUT2D eigenvalue weighted by atomic mass is 9.60. The van der Waals surface area contributed by atoms with Crippen molar-refractivity contribution in [3.05, 3.63) is 0 Å². The van der Waals surface area contributed by atoms with Crippen molar-refractivity contribution >= 4 is 10.0 Å². The highest BCUT2D eigenvalue weighted by Gasteiger charge is 2.56. The van der Waals surface area contributed by atoms with Gasteiger partial charge in [-0.15, -0.1) is 0 Å². The minimum absolute atomic E-state index is 0.0725. The first kappa shape index (κ1) is 31.1. The smallest absolute Gasteiger partial charge is 0.383 e. The second-order valence-corrected chi connectivity index (χ2v) is 16.2. The molecule has 0 aromatic heterocycles. The van der Waals surface area contributed by atoms with E-state index in [1.807, 2.05) is 0 Å². The molecule has 0 radical (unpaired) electrons. The fraction of sp³-hybridized carbons (Fsp3) is 1.00. The summed E-state index contributed by atoms with van der Waals surface area (Å²) in [5, 5.41) is -1.34. The quantitative estimate of drug-likeness (QED) is 0.344. The number of alkyl halides is 3. The lowest BCUT2D eigenvalue weighted by molar-refractivity contribution is -0.180. The molecule has 0 aromatic carbocycles. The summed E-state index contributed by atoms with van der Waals surface area (Å²) >= 11 is 0. The second kappa shape index (κ2) is 12.7. The summed E-state index contributed by atoms with van der Waals surface area (Å²) in [5.41, 5.74) is 0. The van der Waals surface area contributed by atoms with Gasteiger partial charge in [0, 0.05) is 32.3 Å². The number of nitrogens with zero attached hydrogens (tertiary/aromatic N) is 2. The monoisotopic (exact) mass is 590 g/mol. The van der Waals surface area contributed by atoms with Gasteiger partial charge in [0.05, 0.1) is 17.8 Å². The zero-order valence-corrected chi connectivity index (χ0v) is 25.8. The molecule has 0 N–H and O–H groups in total. The Labute approximate surface area is 241 Å². The molecule has 2 saturated heterocycles. The summed E-state index contributed by atoms with van der Waals surface area (Å²) in [6.07, 6.45) is 7.10. The first-order valence-electron chi connectivity index (χ1n) is 16.3. The van der Waals surface area contributed by atoms with Gasteiger partial charge < -0.3 is 4.74 Å². The molecule has 6 unspecified atom stereocenters. The average Bonchev–Trinajstić information content (AvgIpc) is 2.91. The fourth-order valence-electron chi connectivity index (χ4n) is 9.79. The van der Waals surface area contributed by atoms with E-state index in [1.165, 1.54) is 49.3 Å². The predicted molar refractivity (Wildman–Crippen MR) is 152 cm³/mol. The van der Waals surface area contributed by atoms with Crippen molar-refractivity contribution < 1.29 is 26.3 Å². The maximum atomic E-state index is 13.9. The topological polar surface area (TPSA) is 49.9 Å². The van der Waals surface area contributed by atoms with Gasteiger partial charge in [-0.3, -0.25) is 4.90 Å². The molecule has 0 bridgehead atoms. The van der Waals surface area contributed by atoms with E-state index >= 15 is 0 Å². The number of ether oxygens (including phenoxy) is 1. The Kier molecular flexibility index (Phi) is 9.86. The van der Waals surface area contributed by atoms with Gasteiger partial charge in [0.1, 0.15) is 0 Å². The SMILES string of the molecule is COC[C@@H]1[C@@H](C2CCC(C3CCCC(C)C3C)CC2)C2CN(S(=O)(=O)C3CCCCC3C(F)(F)F)CCCCN21. The standard InChI is InChI=1S/C31H53F3N2O3S/c1-21-9-8-10-25(22(21)2)23-13-15-24(16-14-23)30-27-19-35(17-6-7-18-36(27)28(30)20-39-3)40(37,38)29-12-5-4-11-26(29)31(32,33)34/h21-30H,4-20H2,1-3H3/t21?,22?,23?,24?,25?,26?,27?,28-,29?,30+/m1/s1. The first-order valence-corrected chi connectivity index (χ1v) is 17.8. The molecular formula is C31H53F3N2O3S. The van der Waals surface area contributed by atoms with Crippen molar-refractivity contribution in [2.75, 3.05) is 33.4 Å². The third kappa shape index (κ3) is 6.14. The van der Waals surface area contributed by atoms with Gasteiger partial charge >= 0.3 is 6.18 Å². The molecule has 2 heterocycles. The van der Waals surface area contributed by atoms with Crippen molar-refractivity contribution in [3.63, 3.8) is 0 Å². The predicted octanol–water partition coefficient (Wildman–Crippen LogP) is 6.73. The highest BCUT2D eigenvalue weighted by molar-refractivity contribution is 7.89.